The SMILES string of the molecule is CN1CCCOc2cccc(c2)[C@@H]2N(C(=O)c3ccc(=O)n(C)c3)CC[C@]23C(=O)N(CC1=O)c1ccccc13. The third-order valence-electron chi connectivity index (χ3n) is 8.22. The Hall–Kier alpha value is -4.40. The summed E-state index contributed by atoms with van der Waals surface area (Å²) in [6.45, 7) is 1.20. The summed E-state index contributed by atoms with van der Waals surface area (Å²) in [5.74, 6) is 0.0400. The number of likely N-dealkylation sites (tertiary alicyclic amines) is 1. The number of hydrogen-bond donors (Lipinski definition) is 0. The monoisotopic (exact) mass is 526 g/mol. The van der Waals surface area contributed by atoms with Crippen molar-refractivity contribution in [2.75, 3.05) is 38.2 Å². The molecule has 0 saturated carbocycles. The molecule has 3 amide bonds. The van der Waals surface area contributed by atoms with Gasteiger partial charge >= 0.3 is 0 Å². The number of para-hydroxylation sites is 1. The van der Waals surface area contributed by atoms with E-state index in [1.165, 1.54) is 22.9 Å². The summed E-state index contributed by atoms with van der Waals surface area (Å²) in [5.41, 5.74) is 1.38. The number of aromatic nitrogens is 1. The van der Waals surface area contributed by atoms with Crippen molar-refractivity contribution in [2.45, 2.75) is 24.3 Å². The molecule has 9 heteroatoms. The molecule has 9 nitrogen and oxygen atoms in total. The van der Waals surface area contributed by atoms with Crippen LogP contribution in [0.2, 0.25) is 0 Å². The van der Waals surface area contributed by atoms with Crippen LogP contribution in [-0.2, 0) is 22.1 Å². The van der Waals surface area contributed by atoms with Crippen LogP contribution >= 0.6 is 0 Å². The summed E-state index contributed by atoms with van der Waals surface area (Å²) in [5, 5.41) is 0. The molecule has 4 bridgehead atoms. The number of carbonyl (C=O) groups is 3. The minimum atomic E-state index is -1.07. The Kier molecular flexibility index (Phi) is 6.01. The first-order valence-corrected chi connectivity index (χ1v) is 13.2. The zero-order chi connectivity index (χ0) is 27.3. The lowest BCUT2D eigenvalue weighted by atomic mass is 9.72. The van der Waals surface area contributed by atoms with E-state index in [9.17, 15) is 19.2 Å². The molecular formula is C30H30N4O5. The van der Waals surface area contributed by atoms with Gasteiger partial charge in [-0.15, -0.1) is 0 Å². The Bertz CT molecular complexity index is 1550. The number of aryl methyl sites for hydroxylation is 1. The van der Waals surface area contributed by atoms with Crippen LogP contribution in [0.3, 0.4) is 0 Å². The molecule has 0 aliphatic carbocycles. The molecule has 0 N–H and O–H groups in total. The van der Waals surface area contributed by atoms with Gasteiger partial charge in [-0.1, -0.05) is 30.3 Å². The summed E-state index contributed by atoms with van der Waals surface area (Å²) in [4.78, 5) is 58.7. The van der Waals surface area contributed by atoms with Crippen LogP contribution in [-0.4, -0.2) is 65.4 Å². The summed E-state index contributed by atoms with van der Waals surface area (Å²) < 4.78 is 7.41. The fourth-order valence-electron chi connectivity index (χ4n) is 6.26. The number of pyridine rings is 1. The van der Waals surface area contributed by atoms with Gasteiger partial charge in [-0.25, -0.2) is 0 Å². The Balaban J connectivity index is 1.54. The zero-order valence-corrected chi connectivity index (χ0v) is 22.0. The summed E-state index contributed by atoms with van der Waals surface area (Å²) in [6.07, 6.45) is 2.57. The van der Waals surface area contributed by atoms with Gasteiger partial charge in [-0.2, -0.15) is 0 Å². The number of amides is 3. The molecule has 3 aliphatic heterocycles. The summed E-state index contributed by atoms with van der Waals surface area (Å²) in [6, 6.07) is 17.4. The highest BCUT2D eigenvalue weighted by Gasteiger charge is 2.61. The largest absolute Gasteiger partial charge is 0.494 e. The van der Waals surface area contributed by atoms with Gasteiger partial charge in [0.15, 0.2) is 0 Å². The van der Waals surface area contributed by atoms with E-state index in [1.54, 1.807) is 28.8 Å². The minimum absolute atomic E-state index is 0.0730. The lowest BCUT2D eigenvalue weighted by molar-refractivity contribution is -0.131. The van der Waals surface area contributed by atoms with Crippen molar-refractivity contribution in [3.8, 4) is 5.75 Å². The molecule has 4 heterocycles. The Morgan fingerprint density at radius 2 is 1.79 bits per heavy atom. The van der Waals surface area contributed by atoms with Gasteiger partial charge in [-0.3, -0.25) is 19.2 Å². The second-order valence-electron chi connectivity index (χ2n) is 10.5. The molecule has 200 valence electrons. The fraction of sp³-hybridized carbons (Fsp3) is 0.333. The Labute approximate surface area is 226 Å². The number of hydrogen-bond acceptors (Lipinski definition) is 5. The van der Waals surface area contributed by atoms with Gasteiger partial charge in [0.2, 0.25) is 17.4 Å². The minimum Gasteiger partial charge on any atom is -0.494 e. The first-order chi connectivity index (χ1) is 18.8. The van der Waals surface area contributed by atoms with E-state index >= 15 is 0 Å². The number of rotatable bonds is 1. The zero-order valence-electron chi connectivity index (χ0n) is 22.0. The van der Waals surface area contributed by atoms with Gasteiger partial charge in [0.1, 0.15) is 17.7 Å². The van der Waals surface area contributed by atoms with E-state index in [1.807, 2.05) is 48.5 Å². The van der Waals surface area contributed by atoms with Gasteiger partial charge < -0.3 is 24.0 Å². The molecular weight excluding hydrogens is 496 g/mol. The summed E-state index contributed by atoms with van der Waals surface area (Å²) >= 11 is 0. The molecule has 2 atom stereocenters. The van der Waals surface area contributed by atoms with Crippen molar-refractivity contribution in [3.63, 3.8) is 0 Å². The smallest absolute Gasteiger partial charge is 0.255 e. The highest BCUT2D eigenvalue weighted by molar-refractivity contribution is 6.12. The van der Waals surface area contributed by atoms with Crippen molar-refractivity contribution in [1.29, 1.82) is 0 Å². The standard InChI is InChI=1S/C30H30N4O5/c1-31-14-6-16-39-22-8-5-7-20(17-22)27-30(13-15-33(27)28(37)21-11-12-25(35)32(2)18-21)23-9-3-4-10-24(23)34(29(30)38)19-26(31)36/h3-5,7-12,17-18,27H,6,13-16,19H2,1-2H3/t27-,30+/m0/s1. The van der Waals surface area contributed by atoms with Crippen molar-refractivity contribution >= 4 is 23.4 Å². The molecule has 3 aliphatic rings. The van der Waals surface area contributed by atoms with Crippen LogP contribution in [0.15, 0.2) is 71.7 Å². The lowest BCUT2D eigenvalue weighted by Gasteiger charge is -2.35. The van der Waals surface area contributed by atoms with E-state index < -0.39 is 11.5 Å². The predicted molar refractivity (Wildman–Crippen MR) is 145 cm³/mol. The Morgan fingerprint density at radius 1 is 0.974 bits per heavy atom. The van der Waals surface area contributed by atoms with Crippen LogP contribution in [0, 0.1) is 0 Å². The van der Waals surface area contributed by atoms with Crippen LogP contribution < -0.4 is 15.2 Å². The molecule has 0 unspecified atom stereocenters. The number of carbonyl (C=O) groups excluding carboxylic acids is 3. The molecule has 3 aromatic rings. The third-order valence-corrected chi connectivity index (χ3v) is 8.22. The topological polar surface area (TPSA) is 92.2 Å². The van der Waals surface area contributed by atoms with Crippen LogP contribution in [0.1, 0.15) is 40.4 Å². The molecule has 0 radical (unpaired) electrons. The van der Waals surface area contributed by atoms with Crippen molar-refractivity contribution < 1.29 is 19.1 Å². The van der Waals surface area contributed by atoms with Crippen LogP contribution in [0.25, 0.3) is 0 Å². The molecule has 1 saturated heterocycles. The molecule has 6 rings (SSSR count). The average molecular weight is 527 g/mol. The summed E-state index contributed by atoms with van der Waals surface area (Å²) in [7, 11) is 3.35. The number of benzene rings is 2. The normalized spacial score (nSPS) is 22.7. The van der Waals surface area contributed by atoms with E-state index in [2.05, 4.69) is 0 Å². The lowest BCUT2D eigenvalue weighted by Crippen LogP contribution is -2.48. The molecule has 1 aromatic heterocycles. The second-order valence-corrected chi connectivity index (χ2v) is 10.5. The Morgan fingerprint density at radius 3 is 2.62 bits per heavy atom. The van der Waals surface area contributed by atoms with Gasteiger partial charge in [0.05, 0.1) is 18.2 Å². The van der Waals surface area contributed by atoms with E-state index in [0.717, 1.165) is 11.1 Å². The molecule has 1 spiro atoms. The van der Waals surface area contributed by atoms with E-state index in [-0.39, 0.29) is 29.8 Å². The first kappa shape index (κ1) is 24.9. The third kappa shape index (κ3) is 3.91. The van der Waals surface area contributed by atoms with E-state index in [4.69, 9.17) is 4.74 Å². The molecule has 1 fully saturated rings. The van der Waals surface area contributed by atoms with Crippen molar-refractivity contribution in [1.82, 2.24) is 14.4 Å². The van der Waals surface area contributed by atoms with Crippen molar-refractivity contribution in [2.24, 2.45) is 7.05 Å². The van der Waals surface area contributed by atoms with Crippen molar-refractivity contribution in [3.05, 3.63) is 93.9 Å². The molecule has 2 aromatic carbocycles. The highest BCUT2D eigenvalue weighted by Crippen LogP contribution is 2.57. The number of nitrogens with zero attached hydrogens (tertiary/aromatic N) is 4. The molecule has 39 heavy (non-hydrogen) atoms. The number of anilines is 1. The van der Waals surface area contributed by atoms with Gasteiger partial charge in [0, 0.05) is 45.1 Å². The maximum Gasteiger partial charge on any atom is 0.255 e. The first-order valence-electron chi connectivity index (χ1n) is 13.2. The maximum atomic E-state index is 14.5. The fourth-order valence-corrected chi connectivity index (χ4v) is 6.26. The second kappa shape index (κ2) is 9.41. The average Bonchev–Trinajstić information content (AvgIpc) is 3.45. The van der Waals surface area contributed by atoms with Gasteiger partial charge in [-0.05, 0) is 48.2 Å². The number of ether oxygens (including phenoxy) is 1. The predicted octanol–water partition coefficient (Wildman–Crippen LogP) is 2.50. The maximum absolute atomic E-state index is 14.5. The van der Waals surface area contributed by atoms with Gasteiger partial charge in [0.25, 0.3) is 5.91 Å². The highest BCUT2D eigenvalue weighted by atomic mass is 16.5. The quantitative estimate of drug-likeness (QED) is 0.486. The van der Waals surface area contributed by atoms with E-state index in [0.29, 0.717) is 49.5 Å². The van der Waals surface area contributed by atoms with Crippen LogP contribution in [0.4, 0.5) is 5.69 Å². The number of likely N-dealkylation sites (N-methyl/N-ethyl adjacent to an activating group) is 1. The number of fused-ring (bicyclic) bond motifs is 6. The van der Waals surface area contributed by atoms with Crippen LogP contribution in [0.5, 0.6) is 5.75 Å².